The molecular weight excluding hydrogens is 298 g/mol. The molecule has 0 atom stereocenters. The molecule has 0 bridgehead atoms. The highest BCUT2D eigenvalue weighted by Crippen LogP contribution is 2.10. The van der Waals surface area contributed by atoms with Crippen molar-refractivity contribution in [3.05, 3.63) is 20.8 Å². The minimum Gasteiger partial charge on any atom is -0.383 e. The van der Waals surface area contributed by atoms with Crippen molar-refractivity contribution >= 4 is 21.5 Å². The highest BCUT2D eigenvalue weighted by atomic mass is 32.2. The zero-order chi connectivity index (χ0) is 16.2. The van der Waals surface area contributed by atoms with Crippen LogP contribution in [0.15, 0.2) is 9.59 Å². The Labute approximate surface area is 122 Å². The van der Waals surface area contributed by atoms with Crippen molar-refractivity contribution < 1.29 is 8.42 Å². The number of nitrogens with two attached hydrogens (primary N) is 1. The van der Waals surface area contributed by atoms with Gasteiger partial charge < -0.3 is 11.1 Å². The first-order chi connectivity index (χ1) is 9.75. The molecule has 0 radical (unpaired) electrons. The first-order valence-electron chi connectivity index (χ1n) is 6.49. The number of hydrogen-bond acceptors (Lipinski definition) is 6. The summed E-state index contributed by atoms with van der Waals surface area (Å²) in [7, 11) is -0.722. The lowest BCUT2D eigenvalue weighted by atomic mass is 10.4. The Morgan fingerprint density at radius 3 is 2.43 bits per heavy atom. The van der Waals surface area contributed by atoms with Crippen LogP contribution in [0.2, 0.25) is 0 Å². The number of nitrogens with one attached hydrogen (secondary N) is 2. The maximum atomic E-state index is 12.0. The topological polar surface area (TPSA) is 128 Å². The molecule has 0 aliphatic heterocycles. The average molecular weight is 319 g/mol. The predicted molar refractivity (Wildman–Crippen MR) is 82.0 cm³/mol. The molecule has 21 heavy (non-hydrogen) atoms. The third-order valence-corrected chi connectivity index (χ3v) is 4.38. The van der Waals surface area contributed by atoms with E-state index in [9.17, 15) is 18.0 Å². The molecule has 0 aliphatic carbocycles. The molecule has 10 heteroatoms. The zero-order valence-corrected chi connectivity index (χ0v) is 13.2. The number of hydrogen-bond donors (Lipinski definition) is 3. The molecule has 1 aromatic rings. The standard InChI is InChI=1S/C11H21N5O4S/c1-4-6-16-9(12)8(10(17)15(3)11(16)18)14-5-7-21(19,20)13-2/h13-14H,4-7,12H2,1-3H3. The van der Waals surface area contributed by atoms with E-state index in [0.29, 0.717) is 13.0 Å². The van der Waals surface area contributed by atoms with Gasteiger partial charge in [0.15, 0.2) is 0 Å². The highest BCUT2D eigenvalue weighted by Gasteiger charge is 2.15. The summed E-state index contributed by atoms with van der Waals surface area (Å²) in [5.74, 6) is -0.189. The molecule has 9 nitrogen and oxygen atoms in total. The summed E-state index contributed by atoms with van der Waals surface area (Å²) in [6, 6.07) is 0. The van der Waals surface area contributed by atoms with Gasteiger partial charge in [-0.3, -0.25) is 13.9 Å². The van der Waals surface area contributed by atoms with Gasteiger partial charge in [0.05, 0.1) is 5.75 Å². The lowest BCUT2D eigenvalue weighted by Crippen LogP contribution is -2.41. The van der Waals surface area contributed by atoms with Crippen LogP contribution in [0.5, 0.6) is 0 Å². The Morgan fingerprint density at radius 1 is 1.29 bits per heavy atom. The molecule has 0 aliphatic rings. The van der Waals surface area contributed by atoms with Crippen molar-refractivity contribution in [1.82, 2.24) is 13.9 Å². The van der Waals surface area contributed by atoms with Crippen molar-refractivity contribution in [2.24, 2.45) is 7.05 Å². The first-order valence-corrected chi connectivity index (χ1v) is 8.14. The first kappa shape index (κ1) is 17.2. The maximum Gasteiger partial charge on any atom is 0.332 e. The molecule has 1 aromatic heterocycles. The molecule has 0 saturated heterocycles. The monoisotopic (exact) mass is 319 g/mol. The fourth-order valence-electron chi connectivity index (χ4n) is 1.80. The van der Waals surface area contributed by atoms with Crippen LogP contribution >= 0.6 is 0 Å². The minimum absolute atomic E-state index is 0.00689. The second-order valence-electron chi connectivity index (χ2n) is 4.51. The van der Waals surface area contributed by atoms with Gasteiger partial charge in [0, 0.05) is 20.1 Å². The molecular formula is C11H21N5O4S. The number of anilines is 2. The van der Waals surface area contributed by atoms with E-state index in [1.54, 1.807) is 0 Å². The number of sulfonamides is 1. The molecule has 0 spiro atoms. The van der Waals surface area contributed by atoms with Gasteiger partial charge in [-0.1, -0.05) is 6.92 Å². The lowest BCUT2D eigenvalue weighted by molar-refractivity contribution is 0.588. The van der Waals surface area contributed by atoms with E-state index in [-0.39, 0.29) is 23.8 Å². The van der Waals surface area contributed by atoms with Gasteiger partial charge >= 0.3 is 5.69 Å². The minimum atomic E-state index is -3.38. The van der Waals surface area contributed by atoms with Gasteiger partial charge in [-0.25, -0.2) is 17.9 Å². The van der Waals surface area contributed by atoms with Gasteiger partial charge in [-0.2, -0.15) is 0 Å². The lowest BCUT2D eigenvalue weighted by Gasteiger charge is -2.15. The SMILES string of the molecule is CCCn1c(N)c(NCCS(=O)(=O)NC)c(=O)n(C)c1=O. The summed E-state index contributed by atoms with van der Waals surface area (Å²) >= 11 is 0. The molecule has 0 saturated carbocycles. The van der Waals surface area contributed by atoms with Crippen LogP contribution in [0, 0.1) is 0 Å². The predicted octanol–water partition coefficient (Wildman–Crippen LogP) is -1.50. The largest absolute Gasteiger partial charge is 0.383 e. The summed E-state index contributed by atoms with van der Waals surface area (Å²) in [6.45, 7) is 2.26. The fourth-order valence-corrected chi connectivity index (χ4v) is 2.38. The third kappa shape index (κ3) is 3.85. The fraction of sp³-hybridized carbons (Fsp3) is 0.636. The van der Waals surface area contributed by atoms with E-state index in [2.05, 4.69) is 10.0 Å². The van der Waals surface area contributed by atoms with Crippen molar-refractivity contribution in [3.63, 3.8) is 0 Å². The van der Waals surface area contributed by atoms with Crippen LogP contribution in [0.4, 0.5) is 11.5 Å². The zero-order valence-electron chi connectivity index (χ0n) is 12.3. The Balaban J connectivity index is 3.13. The van der Waals surface area contributed by atoms with Crippen molar-refractivity contribution in [1.29, 1.82) is 0 Å². The van der Waals surface area contributed by atoms with Gasteiger partial charge in [-0.05, 0) is 13.5 Å². The van der Waals surface area contributed by atoms with E-state index in [1.165, 1.54) is 18.7 Å². The van der Waals surface area contributed by atoms with Crippen molar-refractivity contribution in [2.75, 3.05) is 30.4 Å². The van der Waals surface area contributed by atoms with Crippen LogP contribution in [-0.2, 0) is 23.6 Å². The molecule has 4 N–H and O–H groups in total. The smallest absolute Gasteiger partial charge is 0.332 e. The quantitative estimate of drug-likeness (QED) is 0.561. The van der Waals surface area contributed by atoms with E-state index < -0.39 is 21.3 Å². The van der Waals surface area contributed by atoms with Crippen LogP contribution in [0.25, 0.3) is 0 Å². The van der Waals surface area contributed by atoms with Crippen LogP contribution in [0.3, 0.4) is 0 Å². The summed E-state index contributed by atoms with van der Waals surface area (Å²) in [6.07, 6.45) is 0.676. The van der Waals surface area contributed by atoms with Gasteiger partial charge in [0.1, 0.15) is 11.5 Å². The molecule has 0 amide bonds. The molecule has 0 aromatic carbocycles. The molecule has 0 unspecified atom stereocenters. The highest BCUT2D eigenvalue weighted by molar-refractivity contribution is 7.89. The number of rotatable bonds is 7. The number of nitrogens with zero attached hydrogens (tertiary/aromatic N) is 2. The summed E-state index contributed by atoms with van der Waals surface area (Å²) < 4.78 is 27.1. The van der Waals surface area contributed by atoms with E-state index >= 15 is 0 Å². The van der Waals surface area contributed by atoms with Crippen LogP contribution in [0.1, 0.15) is 13.3 Å². The second kappa shape index (κ2) is 6.76. The summed E-state index contributed by atoms with van der Waals surface area (Å²) in [5.41, 5.74) is 4.81. The number of nitrogen functional groups attached to an aromatic ring is 1. The summed E-state index contributed by atoms with van der Waals surface area (Å²) in [5, 5.41) is 2.70. The average Bonchev–Trinajstić information content (AvgIpc) is 2.45. The summed E-state index contributed by atoms with van der Waals surface area (Å²) in [4.78, 5) is 24.0. The molecule has 0 fully saturated rings. The third-order valence-electron chi connectivity index (χ3n) is 3.01. The van der Waals surface area contributed by atoms with Gasteiger partial charge in [0.25, 0.3) is 5.56 Å². The number of aromatic nitrogens is 2. The van der Waals surface area contributed by atoms with E-state index in [4.69, 9.17) is 5.73 Å². The Bertz CT molecular complexity index is 719. The van der Waals surface area contributed by atoms with Crippen molar-refractivity contribution in [2.45, 2.75) is 19.9 Å². The van der Waals surface area contributed by atoms with Gasteiger partial charge in [-0.15, -0.1) is 0 Å². The van der Waals surface area contributed by atoms with Crippen LogP contribution in [-0.4, -0.2) is 36.9 Å². The maximum absolute atomic E-state index is 12.0. The Hall–Kier alpha value is -1.81. The van der Waals surface area contributed by atoms with E-state index in [1.807, 2.05) is 6.92 Å². The molecule has 1 rings (SSSR count). The normalized spacial score (nSPS) is 11.6. The Morgan fingerprint density at radius 2 is 1.90 bits per heavy atom. The van der Waals surface area contributed by atoms with Crippen molar-refractivity contribution in [3.8, 4) is 0 Å². The van der Waals surface area contributed by atoms with Crippen LogP contribution < -0.4 is 27.0 Å². The molecule has 120 valence electrons. The molecule has 1 heterocycles. The van der Waals surface area contributed by atoms with Gasteiger partial charge in [0.2, 0.25) is 10.0 Å². The van der Waals surface area contributed by atoms with E-state index in [0.717, 1.165) is 4.57 Å². The second-order valence-corrected chi connectivity index (χ2v) is 6.55. The Kier molecular flexibility index (Phi) is 5.55.